The van der Waals surface area contributed by atoms with Crippen molar-refractivity contribution in [3.8, 4) is 11.3 Å². The van der Waals surface area contributed by atoms with Crippen molar-refractivity contribution >= 4 is 28.7 Å². The fourth-order valence-corrected chi connectivity index (χ4v) is 3.51. The van der Waals surface area contributed by atoms with E-state index in [0.29, 0.717) is 17.9 Å². The second-order valence-corrected chi connectivity index (χ2v) is 7.44. The van der Waals surface area contributed by atoms with Gasteiger partial charge in [0.25, 0.3) is 5.91 Å². The van der Waals surface area contributed by atoms with Crippen LogP contribution in [0.4, 0.5) is 11.5 Å². The first-order valence-corrected chi connectivity index (χ1v) is 9.98. The Morgan fingerprint density at radius 2 is 2.00 bits per heavy atom. The molecule has 144 valence electrons. The average Bonchev–Trinajstić information content (AvgIpc) is 3.28. The van der Waals surface area contributed by atoms with Crippen LogP contribution in [-0.2, 0) is 6.54 Å². The summed E-state index contributed by atoms with van der Waals surface area (Å²) in [5.74, 6) is 0.559. The maximum atomic E-state index is 12.6. The van der Waals surface area contributed by atoms with Gasteiger partial charge in [-0.3, -0.25) is 4.79 Å². The van der Waals surface area contributed by atoms with Crippen molar-refractivity contribution in [2.45, 2.75) is 13.5 Å². The Hall–Kier alpha value is -3.58. The fourth-order valence-electron chi connectivity index (χ4n) is 2.87. The molecule has 0 aliphatic heterocycles. The zero-order valence-electron chi connectivity index (χ0n) is 15.8. The van der Waals surface area contributed by atoms with Gasteiger partial charge in [0.05, 0.1) is 12.2 Å². The highest BCUT2D eigenvalue weighted by molar-refractivity contribution is 7.09. The van der Waals surface area contributed by atoms with Gasteiger partial charge in [0.2, 0.25) is 0 Å². The number of aromatic nitrogens is 3. The van der Waals surface area contributed by atoms with Crippen LogP contribution in [0.2, 0.25) is 0 Å². The van der Waals surface area contributed by atoms with Gasteiger partial charge in [-0.05, 0) is 54.3 Å². The van der Waals surface area contributed by atoms with E-state index < -0.39 is 0 Å². The van der Waals surface area contributed by atoms with Crippen LogP contribution in [-0.4, -0.2) is 20.9 Å². The lowest BCUT2D eigenvalue weighted by molar-refractivity contribution is 0.0951. The Bertz CT molecular complexity index is 1110. The Morgan fingerprint density at radius 3 is 2.79 bits per heavy atom. The molecular formula is C22H19N5OS. The van der Waals surface area contributed by atoms with E-state index in [1.165, 1.54) is 6.33 Å². The maximum absolute atomic E-state index is 12.6. The average molecular weight is 401 g/mol. The minimum Gasteiger partial charge on any atom is -0.347 e. The minimum absolute atomic E-state index is 0.113. The third-order valence-corrected chi connectivity index (χ3v) is 5.30. The number of aryl methyl sites for hydroxylation is 1. The van der Waals surface area contributed by atoms with Crippen LogP contribution in [0.1, 0.15) is 20.8 Å². The molecule has 4 aromatic rings. The number of hydrogen-bond acceptors (Lipinski definition) is 6. The Balaban J connectivity index is 1.57. The fraction of sp³-hybridized carbons (Fsp3) is 0.0909. The molecule has 2 N–H and O–H groups in total. The molecule has 3 aromatic heterocycles. The van der Waals surface area contributed by atoms with Crippen LogP contribution in [0, 0.1) is 6.92 Å². The Kier molecular flexibility index (Phi) is 5.58. The molecule has 0 spiro atoms. The molecule has 1 aromatic carbocycles. The quantitative estimate of drug-likeness (QED) is 0.494. The number of benzene rings is 1. The van der Waals surface area contributed by atoms with E-state index in [0.717, 1.165) is 27.4 Å². The second kappa shape index (κ2) is 8.62. The molecule has 6 nitrogen and oxygen atoms in total. The Morgan fingerprint density at radius 1 is 1.07 bits per heavy atom. The van der Waals surface area contributed by atoms with Gasteiger partial charge in [0.15, 0.2) is 0 Å². The number of carbonyl (C=O) groups is 1. The minimum atomic E-state index is -0.113. The molecule has 0 bridgehead atoms. The van der Waals surface area contributed by atoms with Crippen LogP contribution in [0.15, 0.2) is 72.6 Å². The molecule has 0 aliphatic rings. The molecule has 3 heterocycles. The molecule has 0 unspecified atom stereocenters. The van der Waals surface area contributed by atoms with Gasteiger partial charge in [-0.1, -0.05) is 12.1 Å². The molecule has 0 aliphatic carbocycles. The highest BCUT2D eigenvalue weighted by Gasteiger charge is 2.12. The summed E-state index contributed by atoms with van der Waals surface area (Å²) in [6, 6.07) is 15.2. The molecule has 0 radical (unpaired) electrons. The topological polar surface area (TPSA) is 79.8 Å². The van der Waals surface area contributed by atoms with Gasteiger partial charge < -0.3 is 10.6 Å². The number of pyridine rings is 1. The third kappa shape index (κ3) is 4.47. The van der Waals surface area contributed by atoms with Crippen molar-refractivity contribution < 1.29 is 4.79 Å². The molecule has 7 heteroatoms. The predicted molar refractivity (Wildman–Crippen MR) is 115 cm³/mol. The number of nitrogens with one attached hydrogen (secondary N) is 2. The van der Waals surface area contributed by atoms with E-state index in [1.807, 2.05) is 60.8 Å². The second-order valence-electron chi connectivity index (χ2n) is 6.41. The van der Waals surface area contributed by atoms with Gasteiger partial charge in [-0.2, -0.15) is 0 Å². The van der Waals surface area contributed by atoms with Crippen LogP contribution in [0.5, 0.6) is 0 Å². The number of thiophene rings is 1. The van der Waals surface area contributed by atoms with Crippen molar-refractivity contribution in [1.29, 1.82) is 0 Å². The first kappa shape index (κ1) is 18.8. The van der Waals surface area contributed by atoms with E-state index in [9.17, 15) is 4.79 Å². The number of hydrogen-bond donors (Lipinski definition) is 2. The molecule has 0 fully saturated rings. The molecule has 4 rings (SSSR count). The summed E-state index contributed by atoms with van der Waals surface area (Å²) in [5, 5.41) is 8.31. The van der Waals surface area contributed by atoms with Crippen LogP contribution >= 0.6 is 11.3 Å². The van der Waals surface area contributed by atoms with Crippen LogP contribution < -0.4 is 10.6 Å². The van der Waals surface area contributed by atoms with Gasteiger partial charge in [0.1, 0.15) is 12.1 Å². The van der Waals surface area contributed by atoms with Crippen LogP contribution in [0.25, 0.3) is 11.3 Å². The first-order chi connectivity index (χ1) is 14.2. The number of carbonyl (C=O) groups excluding carboxylic acids is 1. The van der Waals surface area contributed by atoms with E-state index in [4.69, 9.17) is 0 Å². The zero-order valence-corrected chi connectivity index (χ0v) is 16.6. The zero-order chi connectivity index (χ0) is 20.1. The maximum Gasteiger partial charge on any atom is 0.251 e. The lowest BCUT2D eigenvalue weighted by Crippen LogP contribution is -2.22. The SMILES string of the molecule is Cc1ccc(C(=O)NCc2cccs2)cc1Nc1ncccc1-c1ccncn1. The molecular weight excluding hydrogens is 382 g/mol. The lowest BCUT2D eigenvalue weighted by atomic mass is 10.1. The predicted octanol–water partition coefficient (Wildman–Crippen LogP) is 4.58. The summed E-state index contributed by atoms with van der Waals surface area (Å²) in [6.07, 6.45) is 4.93. The summed E-state index contributed by atoms with van der Waals surface area (Å²) in [6.45, 7) is 2.51. The van der Waals surface area contributed by atoms with E-state index in [-0.39, 0.29) is 5.91 Å². The smallest absolute Gasteiger partial charge is 0.251 e. The third-order valence-electron chi connectivity index (χ3n) is 4.42. The monoisotopic (exact) mass is 401 g/mol. The van der Waals surface area contributed by atoms with Gasteiger partial charge in [-0.25, -0.2) is 15.0 Å². The summed E-state index contributed by atoms with van der Waals surface area (Å²) in [7, 11) is 0. The number of anilines is 2. The van der Waals surface area contributed by atoms with Gasteiger partial charge in [0, 0.05) is 34.1 Å². The van der Waals surface area contributed by atoms with Gasteiger partial charge >= 0.3 is 0 Å². The highest BCUT2D eigenvalue weighted by atomic mass is 32.1. The van der Waals surface area contributed by atoms with Crippen LogP contribution in [0.3, 0.4) is 0 Å². The van der Waals surface area contributed by atoms with E-state index in [1.54, 1.807) is 23.7 Å². The Labute approximate surface area is 172 Å². The van der Waals surface area contributed by atoms with Crippen molar-refractivity contribution in [2.24, 2.45) is 0 Å². The summed E-state index contributed by atoms with van der Waals surface area (Å²) in [4.78, 5) is 26.4. The standard InChI is InChI=1S/C22H19N5OS/c1-15-6-7-16(22(28)25-13-17-4-3-11-29-17)12-20(15)27-21-18(5-2-9-24-21)19-8-10-23-14-26-19/h2-12,14H,13H2,1H3,(H,24,27)(H,25,28). The number of rotatable bonds is 6. The molecule has 0 atom stereocenters. The van der Waals surface area contributed by atoms with E-state index in [2.05, 4.69) is 25.6 Å². The van der Waals surface area contributed by atoms with Crippen molar-refractivity contribution in [3.63, 3.8) is 0 Å². The lowest BCUT2D eigenvalue weighted by Gasteiger charge is -2.14. The molecule has 1 amide bonds. The number of amides is 1. The summed E-state index contributed by atoms with van der Waals surface area (Å²) < 4.78 is 0. The first-order valence-electron chi connectivity index (χ1n) is 9.10. The van der Waals surface area contributed by atoms with Gasteiger partial charge in [-0.15, -0.1) is 11.3 Å². The molecule has 29 heavy (non-hydrogen) atoms. The summed E-state index contributed by atoms with van der Waals surface area (Å²) in [5.41, 5.74) is 4.07. The molecule has 0 saturated heterocycles. The van der Waals surface area contributed by atoms with Crippen molar-refractivity contribution in [1.82, 2.24) is 20.3 Å². The van der Waals surface area contributed by atoms with E-state index >= 15 is 0 Å². The van der Waals surface area contributed by atoms with Crippen molar-refractivity contribution in [3.05, 3.63) is 88.6 Å². The molecule has 0 saturated carbocycles. The highest BCUT2D eigenvalue weighted by Crippen LogP contribution is 2.28. The largest absolute Gasteiger partial charge is 0.347 e. The summed E-state index contributed by atoms with van der Waals surface area (Å²) >= 11 is 1.62. The normalized spacial score (nSPS) is 10.5. The number of nitrogens with zero attached hydrogens (tertiary/aromatic N) is 3. The van der Waals surface area contributed by atoms with Crippen molar-refractivity contribution in [2.75, 3.05) is 5.32 Å².